The summed E-state index contributed by atoms with van der Waals surface area (Å²) in [6.45, 7) is 6.84. The van der Waals surface area contributed by atoms with Gasteiger partial charge in [0.15, 0.2) is 0 Å². The molecule has 1 fully saturated rings. The summed E-state index contributed by atoms with van der Waals surface area (Å²) < 4.78 is 5.99. The van der Waals surface area contributed by atoms with Gasteiger partial charge in [-0.1, -0.05) is 54.1 Å². The van der Waals surface area contributed by atoms with Crippen molar-refractivity contribution in [1.82, 2.24) is 4.90 Å². The Morgan fingerprint density at radius 2 is 1.62 bits per heavy atom. The summed E-state index contributed by atoms with van der Waals surface area (Å²) in [4.78, 5) is 15.2. The maximum absolute atomic E-state index is 12.7. The maximum Gasteiger partial charge on any atom is 0.227 e. The number of likely N-dealkylation sites (tertiary alicyclic amines) is 1. The first-order valence-corrected chi connectivity index (χ1v) is 12.0. The number of hydrogen-bond acceptors (Lipinski definition) is 3. The van der Waals surface area contributed by atoms with Gasteiger partial charge in [-0.3, -0.25) is 4.79 Å². The third kappa shape index (κ3) is 6.99. The number of carbonyl (C=O) groups is 1. The number of ether oxygens (including phenoxy) is 1. The van der Waals surface area contributed by atoms with Crippen LogP contribution in [0.2, 0.25) is 5.02 Å². The Balaban J connectivity index is 0.00000324. The Labute approximate surface area is 213 Å². The van der Waals surface area contributed by atoms with Crippen LogP contribution in [0.15, 0.2) is 72.8 Å². The summed E-state index contributed by atoms with van der Waals surface area (Å²) in [5.41, 5.74) is 4.13. The summed E-state index contributed by atoms with van der Waals surface area (Å²) in [6.07, 6.45) is 1.82. The number of halogens is 2. The molecule has 0 atom stereocenters. The fraction of sp³-hybridized carbons (Fsp3) is 0.321. The minimum absolute atomic E-state index is 0. The van der Waals surface area contributed by atoms with E-state index in [0.717, 1.165) is 59.1 Å². The molecule has 1 heterocycles. The number of carbonyl (C=O) groups excluding carboxylic acids is 1. The third-order valence-electron chi connectivity index (χ3n) is 6.27. The zero-order valence-corrected chi connectivity index (χ0v) is 21.2. The molecular formula is C28H32Cl2N2O2. The summed E-state index contributed by atoms with van der Waals surface area (Å²) in [6, 6.07) is 24.3. The molecular weight excluding hydrogens is 467 g/mol. The van der Waals surface area contributed by atoms with E-state index >= 15 is 0 Å². The van der Waals surface area contributed by atoms with Crippen LogP contribution in [-0.2, 0) is 11.4 Å². The number of benzene rings is 3. The fourth-order valence-electron chi connectivity index (χ4n) is 4.19. The number of hydrogen-bond donors (Lipinski definition) is 1. The molecule has 0 bridgehead atoms. The van der Waals surface area contributed by atoms with E-state index in [1.54, 1.807) is 0 Å². The molecule has 4 nitrogen and oxygen atoms in total. The number of piperidine rings is 1. The Kier molecular flexibility index (Phi) is 9.40. The summed E-state index contributed by atoms with van der Waals surface area (Å²) >= 11 is 5.98. The number of amides is 1. The Morgan fingerprint density at radius 1 is 1.00 bits per heavy atom. The molecule has 34 heavy (non-hydrogen) atoms. The van der Waals surface area contributed by atoms with Crippen molar-refractivity contribution in [2.75, 3.05) is 18.4 Å². The maximum atomic E-state index is 12.7. The molecule has 180 valence electrons. The molecule has 1 aliphatic rings. The lowest BCUT2D eigenvalue weighted by molar-refractivity contribution is -0.121. The fourth-order valence-corrected chi connectivity index (χ4v) is 4.31. The van der Waals surface area contributed by atoms with Crippen molar-refractivity contribution < 1.29 is 9.53 Å². The smallest absolute Gasteiger partial charge is 0.227 e. The Morgan fingerprint density at radius 3 is 2.24 bits per heavy atom. The van der Waals surface area contributed by atoms with Crippen LogP contribution in [0.25, 0.3) is 11.1 Å². The van der Waals surface area contributed by atoms with Crippen LogP contribution in [0.3, 0.4) is 0 Å². The van der Waals surface area contributed by atoms with Gasteiger partial charge in [-0.2, -0.15) is 0 Å². The van der Waals surface area contributed by atoms with Crippen molar-refractivity contribution in [3.8, 4) is 16.9 Å². The van der Waals surface area contributed by atoms with Crippen molar-refractivity contribution in [3.05, 3.63) is 83.4 Å². The second-order valence-corrected chi connectivity index (χ2v) is 9.35. The van der Waals surface area contributed by atoms with Crippen molar-refractivity contribution in [2.45, 2.75) is 39.3 Å². The van der Waals surface area contributed by atoms with Crippen LogP contribution in [0.1, 0.15) is 32.3 Å². The minimum atomic E-state index is 0. The molecule has 0 radical (unpaired) electrons. The van der Waals surface area contributed by atoms with Crippen molar-refractivity contribution in [2.24, 2.45) is 5.92 Å². The van der Waals surface area contributed by atoms with Crippen LogP contribution >= 0.6 is 24.0 Å². The monoisotopic (exact) mass is 498 g/mol. The lowest BCUT2D eigenvalue weighted by Gasteiger charge is -2.33. The lowest BCUT2D eigenvalue weighted by Crippen LogP contribution is -2.41. The highest BCUT2D eigenvalue weighted by Gasteiger charge is 2.26. The lowest BCUT2D eigenvalue weighted by atomic mass is 9.95. The molecule has 3 aromatic carbocycles. The first-order chi connectivity index (χ1) is 16.0. The summed E-state index contributed by atoms with van der Waals surface area (Å²) in [7, 11) is 0. The van der Waals surface area contributed by atoms with Gasteiger partial charge in [0, 0.05) is 28.7 Å². The Hall–Kier alpha value is -2.53. The predicted octanol–water partition coefficient (Wildman–Crippen LogP) is 7.07. The number of nitrogens with one attached hydrogen (secondary N) is 1. The predicted molar refractivity (Wildman–Crippen MR) is 143 cm³/mol. The minimum Gasteiger partial charge on any atom is -0.489 e. The molecule has 4 rings (SSSR count). The summed E-state index contributed by atoms with van der Waals surface area (Å²) in [5, 5.41) is 3.81. The van der Waals surface area contributed by atoms with Gasteiger partial charge >= 0.3 is 0 Å². The number of nitrogens with zero attached hydrogens (tertiary/aromatic N) is 1. The first-order valence-electron chi connectivity index (χ1n) is 11.6. The largest absolute Gasteiger partial charge is 0.489 e. The van der Waals surface area contributed by atoms with Crippen LogP contribution in [0, 0.1) is 5.92 Å². The van der Waals surface area contributed by atoms with E-state index in [4.69, 9.17) is 16.3 Å². The highest BCUT2D eigenvalue weighted by molar-refractivity contribution is 6.30. The number of rotatable bonds is 7. The second-order valence-electron chi connectivity index (χ2n) is 8.91. The van der Waals surface area contributed by atoms with E-state index in [2.05, 4.69) is 48.3 Å². The van der Waals surface area contributed by atoms with E-state index in [1.165, 1.54) is 0 Å². The van der Waals surface area contributed by atoms with Crippen molar-refractivity contribution >= 4 is 35.6 Å². The van der Waals surface area contributed by atoms with Crippen molar-refractivity contribution in [3.63, 3.8) is 0 Å². The molecule has 1 saturated heterocycles. The Bertz CT molecular complexity index is 1060. The van der Waals surface area contributed by atoms with Gasteiger partial charge < -0.3 is 15.0 Å². The molecule has 0 aliphatic carbocycles. The second kappa shape index (κ2) is 12.3. The topological polar surface area (TPSA) is 41.6 Å². The van der Waals surface area contributed by atoms with Crippen LogP contribution in [0.4, 0.5) is 5.69 Å². The zero-order valence-electron chi connectivity index (χ0n) is 19.7. The van der Waals surface area contributed by atoms with E-state index in [9.17, 15) is 4.79 Å². The highest BCUT2D eigenvalue weighted by Crippen LogP contribution is 2.25. The molecule has 1 N–H and O–H groups in total. The van der Waals surface area contributed by atoms with Crippen LogP contribution < -0.4 is 10.1 Å². The molecule has 6 heteroatoms. The standard InChI is InChI=1S/C28H31ClN2O2.ClH/c1-20(2)31-16-14-24(15-17-31)28(32)30-26-4-3-5-27(18-26)33-19-21-6-8-22(9-7-21)23-10-12-25(29)13-11-23;/h3-13,18,20,24H,14-17,19H2,1-2H3,(H,30,32);1H. The first kappa shape index (κ1) is 26.1. The summed E-state index contributed by atoms with van der Waals surface area (Å²) in [5.74, 6) is 0.918. The highest BCUT2D eigenvalue weighted by atomic mass is 35.5. The van der Waals surface area contributed by atoms with Crippen LogP contribution in [0.5, 0.6) is 5.75 Å². The molecule has 1 amide bonds. The van der Waals surface area contributed by atoms with Gasteiger partial charge in [-0.25, -0.2) is 0 Å². The van der Waals surface area contributed by atoms with Gasteiger partial charge in [0.05, 0.1) is 0 Å². The van der Waals surface area contributed by atoms with E-state index in [0.29, 0.717) is 12.6 Å². The van der Waals surface area contributed by atoms with Gasteiger partial charge in [0.1, 0.15) is 12.4 Å². The average Bonchev–Trinajstić information content (AvgIpc) is 2.84. The van der Waals surface area contributed by atoms with Gasteiger partial charge in [-0.05, 0) is 80.7 Å². The molecule has 3 aromatic rings. The zero-order chi connectivity index (χ0) is 23.2. The van der Waals surface area contributed by atoms with Crippen molar-refractivity contribution in [1.29, 1.82) is 0 Å². The SMILES string of the molecule is CC(C)N1CCC(C(=O)Nc2cccc(OCc3ccc(-c4ccc(Cl)cc4)cc3)c2)CC1.Cl. The molecule has 0 spiro atoms. The molecule has 0 saturated carbocycles. The van der Waals surface area contributed by atoms with E-state index < -0.39 is 0 Å². The van der Waals surface area contributed by atoms with Gasteiger partial charge in [0.25, 0.3) is 0 Å². The van der Waals surface area contributed by atoms with Crippen LogP contribution in [-0.4, -0.2) is 29.9 Å². The molecule has 0 aromatic heterocycles. The number of anilines is 1. The van der Waals surface area contributed by atoms with E-state index in [1.807, 2.05) is 48.5 Å². The van der Waals surface area contributed by atoms with Gasteiger partial charge in [-0.15, -0.1) is 12.4 Å². The average molecular weight is 499 g/mol. The van der Waals surface area contributed by atoms with Gasteiger partial charge in [0.2, 0.25) is 5.91 Å². The van der Waals surface area contributed by atoms with E-state index in [-0.39, 0.29) is 24.2 Å². The third-order valence-corrected chi connectivity index (χ3v) is 6.52. The normalized spacial score (nSPS) is 14.5. The molecule has 0 unspecified atom stereocenters. The molecule has 1 aliphatic heterocycles. The quantitative estimate of drug-likeness (QED) is 0.378.